The number of nitrogens with one attached hydrogen (secondary N) is 2. The van der Waals surface area contributed by atoms with Crippen LogP contribution in [0.25, 0.3) is 0 Å². The highest BCUT2D eigenvalue weighted by atomic mass is 15.1. The highest BCUT2D eigenvalue weighted by Gasteiger charge is 2.58. The van der Waals surface area contributed by atoms with Gasteiger partial charge in [0.05, 0.1) is 0 Å². The molecular weight excluding hydrogens is 123 g/mol. The van der Waals surface area contributed by atoms with Gasteiger partial charge < -0.3 is 10.5 Å². The predicted molar refractivity (Wildman–Crippen MR) is 44.6 cm³/mol. The Bertz CT molecular complexity index is 156. The molecule has 0 amide bonds. The average molecular weight is 138 g/mol. The first-order valence-electron chi connectivity index (χ1n) is 4.12. The summed E-state index contributed by atoms with van der Waals surface area (Å²) in [5.74, 6) is 0. The molecule has 2 N–H and O–H groups in total. The van der Waals surface area contributed by atoms with E-state index in [-0.39, 0.29) is 0 Å². The molecule has 2 rings (SSSR count). The van der Waals surface area contributed by atoms with Crippen LogP contribution in [-0.2, 0) is 0 Å². The molecule has 56 valence electrons. The normalized spacial score (nSPS) is 42.5. The standard InChI is InChI=1S/C7H15BN2/c1-6(10-8)4-9-5-7(6)2-3-7/h9-10H,2-5,8H2,1H3. The lowest BCUT2D eigenvalue weighted by atomic mass is 9.84. The van der Waals surface area contributed by atoms with Gasteiger partial charge in [-0.1, -0.05) is 0 Å². The fraction of sp³-hybridized carbons (Fsp3) is 1.00. The molecule has 1 saturated heterocycles. The second-order valence-corrected chi connectivity index (χ2v) is 3.97. The molecule has 1 aliphatic heterocycles. The van der Waals surface area contributed by atoms with Gasteiger partial charge in [0.1, 0.15) is 0 Å². The van der Waals surface area contributed by atoms with Crippen LogP contribution in [0, 0.1) is 5.41 Å². The molecule has 10 heavy (non-hydrogen) atoms. The Labute approximate surface area is 63.2 Å². The Hall–Kier alpha value is -0.0151. The fourth-order valence-electron chi connectivity index (χ4n) is 2.17. The lowest BCUT2D eigenvalue weighted by Crippen LogP contribution is -2.49. The molecule has 0 aromatic carbocycles. The largest absolute Gasteiger partial charge is 0.356 e. The summed E-state index contributed by atoms with van der Waals surface area (Å²) in [5, 5.41) is 6.88. The predicted octanol–water partition coefficient (Wildman–Crippen LogP) is -0.734. The van der Waals surface area contributed by atoms with Gasteiger partial charge in [0.15, 0.2) is 7.98 Å². The molecule has 0 aromatic heterocycles. The van der Waals surface area contributed by atoms with Crippen LogP contribution in [0.4, 0.5) is 0 Å². The highest BCUT2D eigenvalue weighted by Crippen LogP contribution is 2.55. The maximum atomic E-state index is 3.45. The molecule has 2 aliphatic rings. The summed E-state index contributed by atoms with van der Waals surface area (Å²) in [4.78, 5) is 0. The molecule has 1 spiro atoms. The van der Waals surface area contributed by atoms with E-state index in [0.717, 1.165) is 6.54 Å². The molecule has 0 radical (unpaired) electrons. The van der Waals surface area contributed by atoms with Crippen LogP contribution in [0.1, 0.15) is 19.8 Å². The molecule has 0 aromatic rings. The fourth-order valence-corrected chi connectivity index (χ4v) is 2.17. The highest BCUT2D eigenvalue weighted by molar-refractivity contribution is 6.05. The summed E-state index contributed by atoms with van der Waals surface area (Å²) in [6.07, 6.45) is 2.83. The van der Waals surface area contributed by atoms with E-state index in [1.165, 1.54) is 19.4 Å². The number of rotatable bonds is 1. The van der Waals surface area contributed by atoms with Gasteiger partial charge in [-0.25, -0.2) is 0 Å². The topological polar surface area (TPSA) is 24.1 Å². The molecule has 1 aliphatic carbocycles. The van der Waals surface area contributed by atoms with E-state index in [0.29, 0.717) is 11.0 Å². The van der Waals surface area contributed by atoms with Crippen molar-refractivity contribution in [2.24, 2.45) is 5.41 Å². The Morgan fingerprint density at radius 2 is 2.10 bits per heavy atom. The molecule has 2 nitrogen and oxygen atoms in total. The van der Waals surface area contributed by atoms with Gasteiger partial charge in [0.2, 0.25) is 0 Å². The zero-order chi connectivity index (χ0) is 7.24. The van der Waals surface area contributed by atoms with Crippen molar-refractivity contribution in [2.45, 2.75) is 25.3 Å². The van der Waals surface area contributed by atoms with Crippen LogP contribution in [-0.4, -0.2) is 26.6 Å². The van der Waals surface area contributed by atoms with Crippen molar-refractivity contribution in [3.05, 3.63) is 0 Å². The lowest BCUT2D eigenvalue weighted by Gasteiger charge is -2.30. The summed E-state index contributed by atoms with van der Waals surface area (Å²) in [5.41, 5.74) is 1.01. The minimum absolute atomic E-state index is 0.382. The molecule has 0 bridgehead atoms. The van der Waals surface area contributed by atoms with Gasteiger partial charge in [-0.2, -0.15) is 0 Å². The van der Waals surface area contributed by atoms with Crippen molar-refractivity contribution in [3.63, 3.8) is 0 Å². The van der Waals surface area contributed by atoms with E-state index < -0.39 is 0 Å². The van der Waals surface area contributed by atoms with Crippen molar-refractivity contribution < 1.29 is 0 Å². The van der Waals surface area contributed by atoms with E-state index in [9.17, 15) is 0 Å². The Kier molecular flexibility index (Phi) is 1.18. The van der Waals surface area contributed by atoms with Crippen LogP contribution in [0.3, 0.4) is 0 Å². The van der Waals surface area contributed by atoms with E-state index in [4.69, 9.17) is 0 Å². The van der Waals surface area contributed by atoms with Crippen molar-refractivity contribution in [1.29, 1.82) is 0 Å². The van der Waals surface area contributed by atoms with Gasteiger partial charge in [-0.05, 0) is 19.8 Å². The summed E-state index contributed by atoms with van der Waals surface area (Å²) in [6, 6.07) is 0. The monoisotopic (exact) mass is 138 g/mol. The van der Waals surface area contributed by atoms with Crippen LogP contribution < -0.4 is 10.5 Å². The quantitative estimate of drug-likeness (QED) is 0.466. The van der Waals surface area contributed by atoms with Gasteiger partial charge in [0, 0.05) is 24.0 Å². The molecule has 1 unspecified atom stereocenters. The minimum Gasteiger partial charge on any atom is -0.356 e. The average Bonchev–Trinajstić information content (AvgIpc) is 2.61. The minimum atomic E-state index is 0.382. The van der Waals surface area contributed by atoms with Crippen molar-refractivity contribution >= 4 is 7.98 Å². The van der Waals surface area contributed by atoms with Crippen LogP contribution >= 0.6 is 0 Å². The summed E-state index contributed by atoms with van der Waals surface area (Å²) in [7, 11) is 2.08. The zero-order valence-electron chi connectivity index (χ0n) is 6.83. The third-order valence-electron chi connectivity index (χ3n) is 3.52. The van der Waals surface area contributed by atoms with Gasteiger partial charge in [-0.3, -0.25) is 0 Å². The first-order chi connectivity index (χ1) is 4.72. The number of hydrogen-bond acceptors (Lipinski definition) is 2. The molecule has 1 saturated carbocycles. The van der Waals surface area contributed by atoms with E-state index in [2.05, 4.69) is 25.4 Å². The first kappa shape index (κ1) is 6.68. The van der Waals surface area contributed by atoms with E-state index in [1.807, 2.05) is 0 Å². The third kappa shape index (κ3) is 0.624. The molecule has 1 atom stereocenters. The zero-order valence-corrected chi connectivity index (χ0v) is 6.83. The maximum absolute atomic E-state index is 3.45. The summed E-state index contributed by atoms with van der Waals surface area (Å²) >= 11 is 0. The summed E-state index contributed by atoms with van der Waals surface area (Å²) < 4.78 is 0. The smallest absolute Gasteiger partial charge is 0.182 e. The first-order valence-corrected chi connectivity index (χ1v) is 4.12. The van der Waals surface area contributed by atoms with Gasteiger partial charge in [0.25, 0.3) is 0 Å². The second kappa shape index (κ2) is 1.77. The van der Waals surface area contributed by atoms with E-state index in [1.54, 1.807) is 0 Å². The second-order valence-electron chi connectivity index (χ2n) is 3.97. The van der Waals surface area contributed by atoms with Gasteiger partial charge >= 0.3 is 0 Å². The SMILES string of the molecule is BNC1(C)CNCC12CC2. The Morgan fingerprint density at radius 3 is 2.50 bits per heavy atom. The van der Waals surface area contributed by atoms with Crippen LogP contribution in [0.5, 0.6) is 0 Å². The molecular formula is C7H15BN2. The van der Waals surface area contributed by atoms with Crippen LogP contribution in [0.15, 0.2) is 0 Å². The third-order valence-corrected chi connectivity index (χ3v) is 3.52. The van der Waals surface area contributed by atoms with Gasteiger partial charge in [-0.15, -0.1) is 0 Å². The lowest BCUT2D eigenvalue weighted by molar-refractivity contribution is 0.325. The molecule has 2 fully saturated rings. The van der Waals surface area contributed by atoms with Crippen molar-refractivity contribution in [2.75, 3.05) is 13.1 Å². The molecule has 3 heteroatoms. The van der Waals surface area contributed by atoms with Crippen molar-refractivity contribution in [3.8, 4) is 0 Å². The Balaban J connectivity index is 2.20. The Morgan fingerprint density at radius 1 is 1.40 bits per heavy atom. The maximum Gasteiger partial charge on any atom is 0.182 e. The number of hydrogen-bond donors (Lipinski definition) is 2. The molecule has 1 heterocycles. The summed E-state index contributed by atoms with van der Waals surface area (Å²) in [6.45, 7) is 4.70. The van der Waals surface area contributed by atoms with Crippen molar-refractivity contribution in [1.82, 2.24) is 10.5 Å². The van der Waals surface area contributed by atoms with E-state index >= 15 is 0 Å². The van der Waals surface area contributed by atoms with Crippen LogP contribution in [0.2, 0.25) is 0 Å².